The molecule has 0 aliphatic heterocycles. The van der Waals surface area contributed by atoms with E-state index in [1.165, 1.54) is 6.92 Å². The molecule has 0 saturated carbocycles. The molecule has 0 heterocycles. The van der Waals surface area contributed by atoms with Crippen molar-refractivity contribution in [2.75, 3.05) is 0 Å². The van der Waals surface area contributed by atoms with Crippen molar-refractivity contribution in [1.82, 2.24) is 0 Å². The molecule has 0 aromatic rings. The molecule has 0 N–H and O–H groups in total. The van der Waals surface area contributed by atoms with Crippen molar-refractivity contribution in [1.29, 1.82) is 0 Å². The summed E-state index contributed by atoms with van der Waals surface area (Å²) in [5, 5.41) is 0. The molecule has 10 heavy (non-hydrogen) atoms. The Balaban J connectivity index is 4.35. The number of carbonyl (C=O) groups excluding carboxylic acids is 1. The van der Waals surface area contributed by atoms with E-state index in [4.69, 9.17) is 0 Å². The van der Waals surface area contributed by atoms with Gasteiger partial charge in [0.2, 0.25) is 5.91 Å². The third-order valence-corrected chi connectivity index (χ3v) is 1.41. The number of aliphatic imine (C=N–C) groups is 1. The third-order valence-electron chi connectivity index (χ3n) is 1.41. The third kappa shape index (κ3) is 3.38. The van der Waals surface area contributed by atoms with Gasteiger partial charge in [-0.25, -0.2) is 4.99 Å². The molecular formula is C8H15NO. The smallest absolute Gasteiger partial charge is 0.242 e. The van der Waals surface area contributed by atoms with Crippen molar-refractivity contribution in [3.8, 4) is 0 Å². The Bertz CT molecular complexity index is 163. The highest BCUT2D eigenvalue weighted by molar-refractivity contribution is 5.96. The van der Waals surface area contributed by atoms with Gasteiger partial charge in [-0.2, -0.15) is 0 Å². The molecule has 0 bridgehead atoms. The first-order valence-electron chi connectivity index (χ1n) is 3.40. The number of nitrogens with zero attached hydrogens (tertiary/aromatic N) is 1. The first-order chi connectivity index (χ1) is 4.34. The van der Waals surface area contributed by atoms with Crippen molar-refractivity contribution in [2.24, 2.45) is 10.4 Å². The minimum absolute atomic E-state index is 0.0195. The summed E-state index contributed by atoms with van der Waals surface area (Å²) in [5.41, 5.74) is 0.908. The summed E-state index contributed by atoms with van der Waals surface area (Å²) < 4.78 is 0. The first kappa shape index (κ1) is 9.34. The van der Waals surface area contributed by atoms with Gasteiger partial charge in [0, 0.05) is 18.1 Å². The number of hydrogen-bond acceptors (Lipinski definition) is 1. The molecule has 0 aliphatic carbocycles. The Hall–Kier alpha value is -0.660. The molecule has 0 fully saturated rings. The van der Waals surface area contributed by atoms with Crippen LogP contribution in [0.5, 0.6) is 0 Å². The summed E-state index contributed by atoms with van der Waals surface area (Å²) in [6.07, 6.45) is 0. The second kappa shape index (κ2) is 2.95. The normalized spacial score (nSPS) is 13.5. The van der Waals surface area contributed by atoms with Gasteiger partial charge in [0.05, 0.1) is 0 Å². The fraction of sp³-hybridized carbons (Fsp3) is 0.750. The molecule has 0 aliphatic rings. The number of amides is 1. The Morgan fingerprint density at radius 3 is 1.70 bits per heavy atom. The van der Waals surface area contributed by atoms with Gasteiger partial charge in [-0.05, 0) is 6.92 Å². The van der Waals surface area contributed by atoms with Crippen LogP contribution in [0, 0.1) is 5.41 Å². The van der Waals surface area contributed by atoms with Crippen LogP contribution in [0.4, 0.5) is 0 Å². The Labute approximate surface area is 62.4 Å². The van der Waals surface area contributed by atoms with Gasteiger partial charge < -0.3 is 0 Å². The summed E-state index contributed by atoms with van der Waals surface area (Å²) in [4.78, 5) is 14.3. The van der Waals surface area contributed by atoms with E-state index < -0.39 is 0 Å². The number of carbonyl (C=O) groups is 1. The van der Waals surface area contributed by atoms with E-state index in [2.05, 4.69) is 4.99 Å². The summed E-state index contributed by atoms with van der Waals surface area (Å²) in [6, 6.07) is 0. The van der Waals surface area contributed by atoms with Crippen LogP contribution in [0.1, 0.15) is 34.6 Å². The summed E-state index contributed by atoms with van der Waals surface area (Å²) in [7, 11) is 0. The van der Waals surface area contributed by atoms with Crippen molar-refractivity contribution in [3.63, 3.8) is 0 Å². The van der Waals surface area contributed by atoms with E-state index in [0.29, 0.717) is 0 Å². The van der Waals surface area contributed by atoms with Crippen LogP contribution in [0.2, 0.25) is 0 Å². The predicted octanol–water partition coefficient (Wildman–Crippen LogP) is 2.04. The zero-order valence-electron chi connectivity index (χ0n) is 7.36. The van der Waals surface area contributed by atoms with Crippen molar-refractivity contribution >= 4 is 11.6 Å². The molecule has 2 heteroatoms. The molecule has 0 spiro atoms. The van der Waals surface area contributed by atoms with E-state index in [1.54, 1.807) is 0 Å². The average molecular weight is 141 g/mol. The molecule has 1 amide bonds. The van der Waals surface area contributed by atoms with E-state index in [-0.39, 0.29) is 11.3 Å². The standard InChI is InChI=1S/C8H15NO/c1-6(8(3,4)5)9-7(2)10/h1-5H3. The highest BCUT2D eigenvalue weighted by Crippen LogP contribution is 2.15. The second-order valence-corrected chi connectivity index (χ2v) is 3.47. The van der Waals surface area contributed by atoms with Crippen LogP contribution in [0.25, 0.3) is 0 Å². The number of hydrogen-bond donors (Lipinski definition) is 0. The summed E-state index contributed by atoms with van der Waals surface area (Å²) in [5.74, 6) is -0.118. The van der Waals surface area contributed by atoms with Gasteiger partial charge >= 0.3 is 0 Å². The van der Waals surface area contributed by atoms with E-state index in [0.717, 1.165) is 5.71 Å². The minimum atomic E-state index is -0.118. The lowest BCUT2D eigenvalue weighted by atomic mass is 9.91. The zero-order valence-corrected chi connectivity index (χ0v) is 7.36. The zero-order chi connectivity index (χ0) is 8.36. The lowest BCUT2D eigenvalue weighted by Crippen LogP contribution is -2.17. The molecule has 0 saturated heterocycles. The highest BCUT2D eigenvalue weighted by Gasteiger charge is 2.14. The Morgan fingerprint density at radius 1 is 1.20 bits per heavy atom. The van der Waals surface area contributed by atoms with Crippen LogP contribution in [0.15, 0.2) is 4.99 Å². The molecule has 0 radical (unpaired) electrons. The van der Waals surface area contributed by atoms with E-state index >= 15 is 0 Å². The molecule has 0 aromatic carbocycles. The topological polar surface area (TPSA) is 29.4 Å². The maximum absolute atomic E-state index is 10.5. The number of rotatable bonds is 0. The molecule has 0 rings (SSSR count). The van der Waals surface area contributed by atoms with Crippen LogP contribution in [0.3, 0.4) is 0 Å². The largest absolute Gasteiger partial charge is 0.273 e. The minimum Gasteiger partial charge on any atom is -0.273 e. The maximum atomic E-state index is 10.5. The van der Waals surface area contributed by atoms with Crippen molar-refractivity contribution in [3.05, 3.63) is 0 Å². The van der Waals surface area contributed by atoms with Gasteiger partial charge in [0.15, 0.2) is 0 Å². The highest BCUT2D eigenvalue weighted by atomic mass is 16.1. The molecule has 58 valence electrons. The van der Waals surface area contributed by atoms with Gasteiger partial charge in [-0.3, -0.25) is 4.79 Å². The van der Waals surface area contributed by atoms with E-state index in [9.17, 15) is 4.79 Å². The fourth-order valence-electron chi connectivity index (χ4n) is 0.404. The fourth-order valence-corrected chi connectivity index (χ4v) is 0.404. The Morgan fingerprint density at radius 2 is 1.60 bits per heavy atom. The van der Waals surface area contributed by atoms with Gasteiger partial charge in [-0.15, -0.1) is 0 Å². The SMILES string of the molecule is CC(=O)N=C(C)C(C)(C)C. The summed E-state index contributed by atoms with van der Waals surface area (Å²) >= 11 is 0. The summed E-state index contributed by atoms with van der Waals surface area (Å²) in [6.45, 7) is 9.45. The molecule has 0 aromatic heterocycles. The molecular weight excluding hydrogens is 126 g/mol. The Kier molecular flexibility index (Phi) is 2.76. The van der Waals surface area contributed by atoms with E-state index in [1.807, 2.05) is 27.7 Å². The van der Waals surface area contributed by atoms with Crippen LogP contribution in [-0.4, -0.2) is 11.6 Å². The van der Waals surface area contributed by atoms with Gasteiger partial charge in [0.1, 0.15) is 0 Å². The quantitative estimate of drug-likeness (QED) is 0.475. The van der Waals surface area contributed by atoms with Crippen molar-refractivity contribution < 1.29 is 4.79 Å². The lowest BCUT2D eigenvalue weighted by Gasteiger charge is -2.16. The maximum Gasteiger partial charge on any atom is 0.242 e. The predicted molar refractivity (Wildman–Crippen MR) is 43.2 cm³/mol. The van der Waals surface area contributed by atoms with Gasteiger partial charge in [-0.1, -0.05) is 20.8 Å². The first-order valence-corrected chi connectivity index (χ1v) is 3.40. The lowest BCUT2D eigenvalue weighted by molar-refractivity contribution is -0.115. The molecule has 0 atom stereocenters. The molecule has 2 nitrogen and oxygen atoms in total. The monoisotopic (exact) mass is 141 g/mol. The van der Waals surface area contributed by atoms with Crippen LogP contribution in [-0.2, 0) is 4.79 Å². The van der Waals surface area contributed by atoms with Crippen LogP contribution >= 0.6 is 0 Å². The average Bonchev–Trinajstić information content (AvgIpc) is 1.60. The second-order valence-electron chi connectivity index (χ2n) is 3.47. The van der Waals surface area contributed by atoms with Gasteiger partial charge in [0.25, 0.3) is 0 Å². The van der Waals surface area contributed by atoms with Crippen LogP contribution < -0.4 is 0 Å². The van der Waals surface area contributed by atoms with Crippen molar-refractivity contribution in [2.45, 2.75) is 34.6 Å². The molecule has 0 unspecified atom stereocenters.